The third-order valence-electron chi connectivity index (χ3n) is 6.04. The first kappa shape index (κ1) is 20.3. The number of methoxy groups -OCH3 is 1. The maximum Gasteiger partial charge on any atom is 0.262 e. The van der Waals surface area contributed by atoms with Gasteiger partial charge in [0.05, 0.1) is 24.3 Å². The summed E-state index contributed by atoms with van der Waals surface area (Å²) in [4.78, 5) is 42.3. The Kier molecular flexibility index (Phi) is 4.75. The lowest BCUT2D eigenvalue weighted by Gasteiger charge is -2.49. The molecule has 0 aromatic heterocycles. The molecule has 6 nitrogen and oxygen atoms in total. The third-order valence-corrected chi connectivity index (χ3v) is 6.45. The fourth-order valence-corrected chi connectivity index (χ4v) is 4.54. The smallest absolute Gasteiger partial charge is 0.262 e. The number of anilines is 1. The summed E-state index contributed by atoms with van der Waals surface area (Å²) in [5.41, 5.74) is 2.87. The van der Waals surface area contributed by atoms with Gasteiger partial charge in [0.25, 0.3) is 17.7 Å². The summed E-state index contributed by atoms with van der Waals surface area (Å²) in [6, 6.07) is 17.7. The van der Waals surface area contributed by atoms with Crippen LogP contribution in [0.5, 0.6) is 5.75 Å². The summed E-state index contributed by atoms with van der Waals surface area (Å²) in [7, 11) is 1.56. The first-order valence-corrected chi connectivity index (χ1v) is 10.5. The molecule has 0 radical (unpaired) electrons. The van der Waals surface area contributed by atoms with Crippen molar-refractivity contribution in [2.45, 2.75) is 19.0 Å². The number of halogens is 1. The van der Waals surface area contributed by atoms with Gasteiger partial charge in [-0.2, -0.15) is 0 Å². The monoisotopic (exact) mass is 446 g/mol. The maximum atomic E-state index is 13.4. The normalized spacial score (nSPS) is 19.8. The zero-order valence-corrected chi connectivity index (χ0v) is 18.2. The number of β-lactam (4-membered cyclic amide) rings is 1. The van der Waals surface area contributed by atoms with Crippen molar-refractivity contribution >= 4 is 35.0 Å². The summed E-state index contributed by atoms with van der Waals surface area (Å²) in [5.74, 6) is -0.644. The van der Waals surface area contributed by atoms with Crippen molar-refractivity contribution in [1.29, 1.82) is 0 Å². The molecule has 32 heavy (non-hydrogen) atoms. The molecular formula is C25H19ClN2O4. The Balaban J connectivity index is 1.61. The van der Waals surface area contributed by atoms with Gasteiger partial charge in [0.1, 0.15) is 11.8 Å². The maximum absolute atomic E-state index is 13.4. The predicted molar refractivity (Wildman–Crippen MR) is 120 cm³/mol. The zero-order valence-electron chi connectivity index (χ0n) is 17.4. The number of rotatable bonds is 4. The fraction of sp³-hybridized carbons (Fsp3) is 0.160. The van der Waals surface area contributed by atoms with Gasteiger partial charge < -0.3 is 9.64 Å². The van der Waals surface area contributed by atoms with E-state index in [-0.39, 0.29) is 5.91 Å². The highest BCUT2D eigenvalue weighted by atomic mass is 35.5. The lowest BCUT2D eigenvalue weighted by atomic mass is 9.86. The van der Waals surface area contributed by atoms with Crippen LogP contribution in [0.1, 0.15) is 37.9 Å². The first-order chi connectivity index (χ1) is 15.4. The Morgan fingerprint density at radius 2 is 1.50 bits per heavy atom. The second kappa shape index (κ2) is 7.50. The number of carbonyl (C=O) groups excluding carboxylic acids is 3. The molecule has 160 valence electrons. The minimum atomic E-state index is -0.963. The largest absolute Gasteiger partial charge is 0.497 e. The summed E-state index contributed by atoms with van der Waals surface area (Å²) in [5, 5.41) is 0.531. The molecule has 0 bridgehead atoms. The van der Waals surface area contributed by atoms with Crippen LogP contribution in [0.15, 0.2) is 66.7 Å². The molecular weight excluding hydrogens is 428 g/mol. The Morgan fingerprint density at radius 3 is 2.12 bits per heavy atom. The van der Waals surface area contributed by atoms with Crippen LogP contribution < -0.4 is 9.64 Å². The summed E-state index contributed by atoms with van der Waals surface area (Å²) in [6.07, 6.45) is 0. The lowest BCUT2D eigenvalue weighted by Crippen LogP contribution is -2.67. The van der Waals surface area contributed by atoms with Crippen molar-refractivity contribution in [2.75, 3.05) is 12.0 Å². The highest BCUT2D eigenvalue weighted by Gasteiger charge is 2.57. The quantitative estimate of drug-likeness (QED) is 0.440. The van der Waals surface area contributed by atoms with Crippen LogP contribution in [-0.4, -0.2) is 35.8 Å². The minimum absolute atomic E-state index is 0.312. The highest BCUT2D eigenvalue weighted by Crippen LogP contribution is 2.45. The number of nitrogens with zero attached hydrogens (tertiary/aromatic N) is 2. The molecule has 0 spiro atoms. The molecule has 2 aliphatic heterocycles. The predicted octanol–water partition coefficient (Wildman–Crippen LogP) is 4.41. The minimum Gasteiger partial charge on any atom is -0.497 e. The van der Waals surface area contributed by atoms with Gasteiger partial charge in [-0.3, -0.25) is 19.3 Å². The molecule has 3 aromatic carbocycles. The number of hydrogen-bond donors (Lipinski definition) is 0. The number of benzene rings is 3. The van der Waals surface area contributed by atoms with E-state index in [2.05, 4.69) is 0 Å². The molecule has 2 heterocycles. The third kappa shape index (κ3) is 2.91. The van der Waals surface area contributed by atoms with Crippen LogP contribution in [0, 0.1) is 6.92 Å². The molecule has 5 rings (SSSR count). The molecule has 1 fully saturated rings. The number of fused-ring (bicyclic) bond motifs is 1. The molecule has 0 N–H and O–H groups in total. The summed E-state index contributed by atoms with van der Waals surface area (Å²) in [6.45, 7) is 1.88. The van der Waals surface area contributed by atoms with Gasteiger partial charge in [-0.25, -0.2) is 0 Å². The molecule has 1 saturated heterocycles. The lowest BCUT2D eigenvalue weighted by molar-refractivity contribution is -0.130. The Hall–Kier alpha value is -3.64. The van der Waals surface area contributed by atoms with Gasteiger partial charge >= 0.3 is 0 Å². The van der Waals surface area contributed by atoms with E-state index in [4.69, 9.17) is 16.3 Å². The average Bonchev–Trinajstić information content (AvgIpc) is 3.05. The number of carbonyl (C=O) groups is 3. The number of hydrogen-bond acceptors (Lipinski definition) is 4. The molecule has 0 aliphatic carbocycles. The number of amides is 3. The topological polar surface area (TPSA) is 66.9 Å². The molecule has 0 unspecified atom stereocenters. The van der Waals surface area contributed by atoms with Gasteiger partial charge in [-0.05, 0) is 54.4 Å². The van der Waals surface area contributed by atoms with Crippen molar-refractivity contribution in [3.63, 3.8) is 0 Å². The van der Waals surface area contributed by atoms with Gasteiger partial charge in [-0.1, -0.05) is 41.9 Å². The van der Waals surface area contributed by atoms with Gasteiger partial charge in [-0.15, -0.1) is 0 Å². The van der Waals surface area contributed by atoms with E-state index in [1.165, 1.54) is 0 Å². The molecule has 2 aliphatic rings. The van der Waals surface area contributed by atoms with Gasteiger partial charge in [0, 0.05) is 10.7 Å². The van der Waals surface area contributed by atoms with Crippen LogP contribution in [0.2, 0.25) is 5.02 Å². The SMILES string of the molecule is COc1cccc([C@H]2[C@H](N3C(=O)c4ccccc4C3=O)C(=O)N2c2ccc(C)c(Cl)c2)c1. The van der Waals surface area contributed by atoms with Crippen LogP contribution in [0.25, 0.3) is 0 Å². The fourth-order valence-electron chi connectivity index (χ4n) is 4.36. The van der Waals surface area contributed by atoms with Crippen molar-refractivity contribution < 1.29 is 19.1 Å². The summed E-state index contributed by atoms with van der Waals surface area (Å²) >= 11 is 6.32. The number of imide groups is 1. The Morgan fingerprint density at radius 1 is 0.812 bits per heavy atom. The van der Waals surface area contributed by atoms with Gasteiger partial charge in [0.2, 0.25) is 0 Å². The van der Waals surface area contributed by atoms with E-state index in [1.54, 1.807) is 48.4 Å². The van der Waals surface area contributed by atoms with E-state index < -0.39 is 23.9 Å². The van der Waals surface area contributed by atoms with E-state index in [9.17, 15) is 14.4 Å². The highest BCUT2D eigenvalue weighted by molar-refractivity contribution is 6.32. The van der Waals surface area contributed by atoms with Crippen molar-refractivity contribution in [1.82, 2.24) is 4.90 Å². The van der Waals surface area contributed by atoms with E-state index in [0.717, 1.165) is 16.0 Å². The molecule has 3 amide bonds. The zero-order chi connectivity index (χ0) is 22.6. The van der Waals surface area contributed by atoms with Crippen LogP contribution >= 0.6 is 11.6 Å². The second-order valence-corrected chi connectivity index (χ2v) is 8.24. The van der Waals surface area contributed by atoms with E-state index in [0.29, 0.717) is 27.6 Å². The first-order valence-electron chi connectivity index (χ1n) is 10.1. The molecule has 2 atom stereocenters. The van der Waals surface area contributed by atoms with Gasteiger partial charge in [0.15, 0.2) is 0 Å². The van der Waals surface area contributed by atoms with E-state index in [1.807, 2.05) is 37.3 Å². The molecule has 7 heteroatoms. The van der Waals surface area contributed by atoms with Crippen LogP contribution in [0.4, 0.5) is 5.69 Å². The molecule has 0 saturated carbocycles. The van der Waals surface area contributed by atoms with Crippen molar-refractivity contribution in [2.24, 2.45) is 0 Å². The van der Waals surface area contributed by atoms with E-state index >= 15 is 0 Å². The van der Waals surface area contributed by atoms with Crippen molar-refractivity contribution in [3.05, 3.63) is 94.0 Å². The summed E-state index contributed by atoms with van der Waals surface area (Å²) < 4.78 is 5.36. The number of aryl methyl sites for hydroxylation is 1. The standard InChI is InChI=1S/C25H19ClN2O4/c1-14-10-11-16(13-20(14)26)27-21(15-6-5-7-17(12-15)32-2)22(25(27)31)28-23(29)18-8-3-4-9-19(18)24(28)30/h3-13,21-22H,1-2H3/t21-,22-/m0/s1. The second-order valence-electron chi connectivity index (χ2n) is 7.83. The van der Waals surface area contributed by atoms with Crippen LogP contribution in [-0.2, 0) is 4.79 Å². The molecule has 3 aromatic rings. The number of ether oxygens (including phenoxy) is 1. The average molecular weight is 447 g/mol. The van der Waals surface area contributed by atoms with Crippen LogP contribution in [0.3, 0.4) is 0 Å². The Bertz CT molecular complexity index is 1250. The Labute approximate surface area is 190 Å². The van der Waals surface area contributed by atoms with Crippen molar-refractivity contribution in [3.8, 4) is 5.75 Å².